The number of nitrogens with one attached hydrogen (secondary N) is 1. The average molecular weight is 538 g/mol. The third kappa shape index (κ3) is 4.59. The van der Waals surface area contributed by atoms with Crippen LogP contribution in [0.2, 0.25) is 0 Å². The first-order chi connectivity index (χ1) is 18.6. The van der Waals surface area contributed by atoms with Crippen molar-refractivity contribution >= 4 is 11.2 Å². The lowest BCUT2D eigenvalue weighted by Crippen LogP contribution is -2.18. The minimum atomic E-state index is -4.55. The van der Waals surface area contributed by atoms with Crippen LogP contribution in [0.4, 0.5) is 17.6 Å². The highest BCUT2D eigenvalue weighted by Gasteiger charge is 2.38. The molecule has 1 N–H and O–H groups in total. The third-order valence-corrected chi connectivity index (χ3v) is 6.77. The highest BCUT2D eigenvalue weighted by molar-refractivity contribution is 5.74. The van der Waals surface area contributed by atoms with Crippen molar-refractivity contribution in [3.05, 3.63) is 87.6 Å². The minimum absolute atomic E-state index is 0.0306. The summed E-state index contributed by atoms with van der Waals surface area (Å²) >= 11 is 0. The monoisotopic (exact) mass is 537 g/mol. The summed E-state index contributed by atoms with van der Waals surface area (Å²) < 4.78 is 57.1. The molecule has 1 saturated carbocycles. The second-order valence-electron chi connectivity index (χ2n) is 9.97. The predicted molar refractivity (Wildman–Crippen MR) is 135 cm³/mol. The number of imidazole rings is 1. The first-order valence-electron chi connectivity index (χ1n) is 12.5. The molecule has 1 aromatic carbocycles. The first kappa shape index (κ1) is 25.0. The van der Waals surface area contributed by atoms with Crippen molar-refractivity contribution < 1.29 is 17.6 Å². The van der Waals surface area contributed by atoms with Crippen LogP contribution >= 0.6 is 0 Å². The van der Waals surface area contributed by atoms with Gasteiger partial charge in [0.1, 0.15) is 11.3 Å². The molecule has 0 aliphatic heterocycles. The number of hydrogen-bond donors (Lipinski definition) is 1. The molecule has 0 bridgehead atoms. The molecule has 4 aromatic heterocycles. The number of benzene rings is 1. The number of pyridine rings is 1. The van der Waals surface area contributed by atoms with Gasteiger partial charge in [-0.3, -0.25) is 4.57 Å². The first-order valence-corrected chi connectivity index (χ1v) is 12.5. The van der Waals surface area contributed by atoms with Crippen molar-refractivity contribution in [2.24, 2.45) is 0 Å². The highest BCUT2D eigenvalue weighted by atomic mass is 19.4. The van der Waals surface area contributed by atoms with E-state index in [1.807, 2.05) is 13.8 Å². The van der Waals surface area contributed by atoms with Crippen LogP contribution in [0.1, 0.15) is 61.0 Å². The summed E-state index contributed by atoms with van der Waals surface area (Å²) in [5, 5.41) is 3.76. The van der Waals surface area contributed by atoms with Crippen molar-refractivity contribution in [2.75, 3.05) is 0 Å². The third-order valence-electron chi connectivity index (χ3n) is 6.77. The molecule has 0 amide bonds. The van der Waals surface area contributed by atoms with Crippen LogP contribution in [0, 0.1) is 5.82 Å². The fraction of sp³-hybridized carbons (Fsp3) is 0.296. The summed E-state index contributed by atoms with van der Waals surface area (Å²) in [7, 11) is 0. The Morgan fingerprint density at radius 1 is 1.10 bits per heavy atom. The Bertz CT molecular complexity index is 1750. The zero-order valence-corrected chi connectivity index (χ0v) is 21.0. The SMILES string of the molecule is CC(C)c1c(F)cccc1-c1ncc2[nH]c(=O)n(Cc3ccc(-n4nc(C(F)(F)F)cc4C4CC4)nc3)c2n1. The van der Waals surface area contributed by atoms with Crippen molar-refractivity contribution in [1.82, 2.24) is 34.3 Å². The van der Waals surface area contributed by atoms with Crippen molar-refractivity contribution in [1.29, 1.82) is 0 Å². The van der Waals surface area contributed by atoms with Gasteiger partial charge in [0.25, 0.3) is 0 Å². The Balaban J connectivity index is 1.34. The molecule has 0 saturated heterocycles. The topological polar surface area (TPSA) is 94.3 Å². The molecule has 8 nitrogen and oxygen atoms in total. The number of hydrogen-bond acceptors (Lipinski definition) is 5. The largest absolute Gasteiger partial charge is 0.435 e. The number of rotatable bonds is 6. The van der Waals surface area contributed by atoms with Gasteiger partial charge in [0, 0.05) is 28.9 Å². The molecule has 39 heavy (non-hydrogen) atoms. The molecule has 1 aliphatic rings. The van der Waals surface area contributed by atoms with Crippen LogP contribution < -0.4 is 5.69 Å². The molecular weight excluding hydrogens is 514 g/mol. The van der Waals surface area contributed by atoms with Crippen LogP contribution in [-0.2, 0) is 12.7 Å². The molecule has 1 fully saturated rings. The van der Waals surface area contributed by atoms with Crippen molar-refractivity contribution in [3.63, 3.8) is 0 Å². The van der Waals surface area contributed by atoms with Crippen LogP contribution in [0.25, 0.3) is 28.4 Å². The summed E-state index contributed by atoms with van der Waals surface area (Å²) in [5.74, 6) is 0.121. The number of nitrogens with zero attached hydrogens (tertiary/aromatic N) is 6. The van der Waals surface area contributed by atoms with E-state index in [2.05, 4.69) is 25.0 Å². The van der Waals surface area contributed by atoms with Crippen LogP contribution in [0.5, 0.6) is 0 Å². The summed E-state index contributed by atoms with van der Waals surface area (Å²) in [4.78, 5) is 28.8. The highest BCUT2D eigenvalue weighted by Crippen LogP contribution is 2.42. The zero-order chi connectivity index (χ0) is 27.5. The van der Waals surface area contributed by atoms with Crippen LogP contribution in [0.3, 0.4) is 0 Å². The van der Waals surface area contributed by atoms with E-state index in [1.165, 1.54) is 27.7 Å². The van der Waals surface area contributed by atoms with Gasteiger partial charge in [-0.2, -0.15) is 18.3 Å². The van der Waals surface area contributed by atoms with Crippen LogP contribution in [-0.4, -0.2) is 34.3 Å². The summed E-state index contributed by atoms with van der Waals surface area (Å²) in [6, 6.07) is 9.07. The van der Waals surface area contributed by atoms with E-state index in [9.17, 15) is 22.4 Å². The van der Waals surface area contributed by atoms with Gasteiger partial charge in [-0.05, 0) is 42.5 Å². The maximum atomic E-state index is 14.6. The maximum absolute atomic E-state index is 14.6. The van der Waals surface area contributed by atoms with Gasteiger partial charge in [0.2, 0.25) is 0 Å². The fourth-order valence-corrected chi connectivity index (χ4v) is 4.75. The van der Waals surface area contributed by atoms with E-state index in [-0.39, 0.29) is 30.0 Å². The van der Waals surface area contributed by atoms with Gasteiger partial charge < -0.3 is 4.98 Å². The van der Waals surface area contributed by atoms with E-state index in [0.29, 0.717) is 39.4 Å². The van der Waals surface area contributed by atoms with Crippen molar-refractivity contribution in [2.45, 2.75) is 51.2 Å². The maximum Gasteiger partial charge on any atom is 0.435 e. The second kappa shape index (κ2) is 9.14. The number of H-pyrrole nitrogens is 1. The Kier molecular flexibility index (Phi) is 5.85. The average Bonchev–Trinajstić information content (AvgIpc) is 3.55. The second-order valence-corrected chi connectivity index (χ2v) is 9.97. The number of aromatic amines is 1. The Morgan fingerprint density at radius 2 is 1.90 bits per heavy atom. The number of halogens is 4. The molecule has 4 heterocycles. The van der Waals surface area contributed by atoms with Crippen LogP contribution in [0.15, 0.2) is 53.6 Å². The molecule has 0 spiro atoms. The molecule has 12 heteroatoms. The molecule has 1 aliphatic carbocycles. The normalized spacial score (nSPS) is 14.0. The number of aromatic nitrogens is 7. The lowest BCUT2D eigenvalue weighted by atomic mass is 9.96. The van der Waals surface area contributed by atoms with Gasteiger partial charge in [-0.25, -0.2) is 28.8 Å². The molecular formula is C27H23F4N7O. The molecule has 5 aromatic rings. The van der Waals surface area contributed by atoms with Gasteiger partial charge >= 0.3 is 11.9 Å². The van der Waals surface area contributed by atoms with Gasteiger partial charge in [-0.1, -0.05) is 32.0 Å². The fourth-order valence-electron chi connectivity index (χ4n) is 4.75. The van der Waals surface area contributed by atoms with Gasteiger partial charge in [-0.15, -0.1) is 0 Å². The molecule has 200 valence electrons. The zero-order valence-electron chi connectivity index (χ0n) is 21.0. The Morgan fingerprint density at radius 3 is 2.56 bits per heavy atom. The summed E-state index contributed by atoms with van der Waals surface area (Å²) in [6.45, 7) is 3.86. The van der Waals surface area contributed by atoms with Gasteiger partial charge in [0.15, 0.2) is 23.0 Å². The van der Waals surface area contributed by atoms with E-state index in [4.69, 9.17) is 0 Å². The predicted octanol–water partition coefficient (Wildman–Crippen LogP) is 5.57. The molecule has 6 rings (SSSR count). The smallest absolute Gasteiger partial charge is 0.303 e. The van der Waals surface area contributed by atoms with E-state index < -0.39 is 17.6 Å². The quantitative estimate of drug-likeness (QED) is 0.286. The standard InChI is InChI=1S/C27H23F4N7O/c1-14(2)23-17(4-3-5-18(23)28)24-33-12-19-25(35-24)37(26(39)34-19)13-15-6-9-22(32-11-15)38-20(16-7-8-16)10-21(36-38)27(29,30)31/h3-6,9-12,14,16H,7-8,13H2,1-2H3,(H,34,39). The number of alkyl halides is 3. The van der Waals surface area contributed by atoms with E-state index >= 15 is 0 Å². The lowest BCUT2D eigenvalue weighted by molar-refractivity contribution is -0.141. The lowest BCUT2D eigenvalue weighted by Gasteiger charge is -2.13. The van der Waals surface area contributed by atoms with Gasteiger partial charge in [0.05, 0.1) is 12.7 Å². The number of fused-ring (bicyclic) bond motifs is 1. The van der Waals surface area contributed by atoms with Crippen molar-refractivity contribution in [3.8, 4) is 17.2 Å². The Hall–Kier alpha value is -4.35. The van der Waals surface area contributed by atoms with E-state index in [0.717, 1.165) is 18.9 Å². The molecule has 0 radical (unpaired) electrons. The molecule has 0 unspecified atom stereocenters. The minimum Gasteiger partial charge on any atom is -0.303 e. The summed E-state index contributed by atoms with van der Waals surface area (Å²) in [5.41, 5.74) is 1.54. The summed E-state index contributed by atoms with van der Waals surface area (Å²) in [6.07, 6.45) is 0.0535. The molecule has 0 atom stereocenters. The van der Waals surface area contributed by atoms with E-state index in [1.54, 1.807) is 24.3 Å². The Labute approximate surface area is 219 Å².